The standard InChI is InChI=1S/C14H19N3O/c1-11-7-16-17(9-11)10-13-6-12(8-15-2)4-5-14(13)18-3/h4-7,9,15H,8,10H2,1-3H3. The van der Waals surface area contributed by atoms with Crippen LogP contribution < -0.4 is 10.1 Å². The van der Waals surface area contributed by atoms with Crippen LogP contribution in [0, 0.1) is 6.92 Å². The quantitative estimate of drug-likeness (QED) is 0.875. The van der Waals surface area contributed by atoms with Crippen LogP contribution in [0.25, 0.3) is 0 Å². The first-order valence-corrected chi connectivity index (χ1v) is 6.02. The van der Waals surface area contributed by atoms with E-state index in [0.717, 1.165) is 24.4 Å². The monoisotopic (exact) mass is 245 g/mol. The lowest BCUT2D eigenvalue weighted by atomic mass is 10.1. The zero-order valence-corrected chi connectivity index (χ0v) is 11.1. The normalized spacial score (nSPS) is 10.6. The molecule has 18 heavy (non-hydrogen) atoms. The molecule has 1 aromatic carbocycles. The van der Waals surface area contributed by atoms with Gasteiger partial charge in [-0.1, -0.05) is 6.07 Å². The van der Waals surface area contributed by atoms with Crippen molar-refractivity contribution in [3.05, 3.63) is 47.3 Å². The number of benzene rings is 1. The van der Waals surface area contributed by atoms with E-state index in [4.69, 9.17) is 4.74 Å². The molecule has 4 heteroatoms. The molecule has 0 radical (unpaired) electrons. The number of aromatic nitrogens is 2. The van der Waals surface area contributed by atoms with Crippen LogP contribution in [-0.4, -0.2) is 23.9 Å². The van der Waals surface area contributed by atoms with Gasteiger partial charge in [0.2, 0.25) is 0 Å². The second-order valence-electron chi connectivity index (χ2n) is 4.39. The Balaban J connectivity index is 2.26. The van der Waals surface area contributed by atoms with Crippen LogP contribution in [0.3, 0.4) is 0 Å². The van der Waals surface area contributed by atoms with E-state index in [9.17, 15) is 0 Å². The average Bonchev–Trinajstić information content (AvgIpc) is 2.76. The van der Waals surface area contributed by atoms with E-state index in [1.54, 1.807) is 7.11 Å². The van der Waals surface area contributed by atoms with Gasteiger partial charge in [0, 0.05) is 18.3 Å². The van der Waals surface area contributed by atoms with E-state index in [-0.39, 0.29) is 0 Å². The fourth-order valence-corrected chi connectivity index (χ4v) is 2.00. The van der Waals surface area contributed by atoms with Crippen LogP contribution in [0.1, 0.15) is 16.7 Å². The fourth-order valence-electron chi connectivity index (χ4n) is 2.00. The zero-order valence-electron chi connectivity index (χ0n) is 11.1. The molecule has 0 fully saturated rings. The van der Waals surface area contributed by atoms with Gasteiger partial charge >= 0.3 is 0 Å². The minimum Gasteiger partial charge on any atom is -0.496 e. The molecular formula is C14H19N3O. The average molecular weight is 245 g/mol. The highest BCUT2D eigenvalue weighted by molar-refractivity contribution is 5.37. The lowest BCUT2D eigenvalue weighted by Crippen LogP contribution is -2.07. The molecule has 0 atom stereocenters. The molecule has 4 nitrogen and oxygen atoms in total. The van der Waals surface area contributed by atoms with Crippen molar-refractivity contribution < 1.29 is 4.74 Å². The summed E-state index contributed by atoms with van der Waals surface area (Å²) in [4.78, 5) is 0. The Kier molecular flexibility index (Phi) is 3.99. The molecule has 0 spiro atoms. The number of nitrogens with one attached hydrogen (secondary N) is 1. The fraction of sp³-hybridized carbons (Fsp3) is 0.357. The van der Waals surface area contributed by atoms with Crippen molar-refractivity contribution in [3.63, 3.8) is 0 Å². The molecule has 1 heterocycles. The summed E-state index contributed by atoms with van der Waals surface area (Å²) in [5.41, 5.74) is 3.56. The van der Waals surface area contributed by atoms with E-state index in [1.165, 1.54) is 11.1 Å². The lowest BCUT2D eigenvalue weighted by Gasteiger charge is -2.11. The molecule has 0 amide bonds. The smallest absolute Gasteiger partial charge is 0.123 e. The maximum absolute atomic E-state index is 5.40. The molecular weight excluding hydrogens is 226 g/mol. The Morgan fingerprint density at radius 2 is 2.22 bits per heavy atom. The van der Waals surface area contributed by atoms with E-state index < -0.39 is 0 Å². The largest absolute Gasteiger partial charge is 0.496 e. The van der Waals surface area contributed by atoms with Gasteiger partial charge in [-0.2, -0.15) is 5.10 Å². The molecule has 2 aromatic rings. The number of hydrogen-bond acceptors (Lipinski definition) is 3. The maximum Gasteiger partial charge on any atom is 0.123 e. The number of ether oxygens (including phenoxy) is 1. The van der Waals surface area contributed by atoms with Crippen molar-refractivity contribution in [1.82, 2.24) is 15.1 Å². The van der Waals surface area contributed by atoms with Gasteiger partial charge in [-0.05, 0) is 37.2 Å². The second-order valence-corrected chi connectivity index (χ2v) is 4.39. The summed E-state index contributed by atoms with van der Waals surface area (Å²) in [6.07, 6.45) is 3.90. The molecule has 1 N–H and O–H groups in total. The number of methoxy groups -OCH3 is 1. The third kappa shape index (κ3) is 2.90. The summed E-state index contributed by atoms with van der Waals surface area (Å²) >= 11 is 0. The van der Waals surface area contributed by atoms with Gasteiger partial charge in [0.05, 0.1) is 19.9 Å². The topological polar surface area (TPSA) is 39.1 Å². The van der Waals surface area contributed by atoms with Gasteiger partial charge in [0.25, 0.3) is 0 Å². The van der Waals surface area contributed by atoms with Crippen LogP contribution >= 0.6 is 0 Å². The van der Waals surface area contributed by atoms with Crippen LogP contribution in [0.15, 0.2) is 30.6 Å². The summed E-state index contributed by atoms with van der Waals surface area (Å²) in [6, 6.07) is 6.25. The molecule has 2 rings (SSSR count). The van der Waals surface area contributed by atoms with Crippen LogP contribution in [0.5, 0.6) is 5.75 Å². The SMILES string of the molecule is CNCc1ccc(OC)c(Cn2cc(C)cn2)c1. The summed E-state index contributed by atoms with van der Waals surface area (Å²) in [7, 11) is 3.64. The molecule has 0 unspecified atom stereocenters. The molecule has 0 bridgehead atoms. The van der Waals surface area contributed by atoms with E-state index in [0.29, 0.717) is 0 Å². The van der Waals surface area contributed by atoms with E-state index >= 15 is 0 Å². The third-order valence-corrected chi connectivity index (χ3v) is 2.82. The van der Waals surface area contributed by atoms with Gasteiger partial charge in [-0.25, -0.2) is 0 Å². The highest BCUT2D eigenvalue weighted by atomic mass is 16.5. The number of hydrogen-bond donors (Lipinski definition) is 1. The molecule has 0 saturated heterocycles. The Hall–Kier alpha value is -1.81. The van der Waals surface area contributed by atoms with E-state index in [1.807, 2.05) is 37.1 Å². The molecule has 96 valence electrons. The Bertz CT molecular complexity index is 520. The van der Waals surface area contributed by atoms with Crippen molar-refractivity contribution >= 4 is 0 Å². The predicted octanol–water partition coefficient (Wildman–Crippen LogP) is 1.97. The molecule has 0 aliphatic rings. The second kappa shape index (κ2) is 5.69. The summed E-state index contributed by atoms with van der Waals surface area (Å²) < 4.78 is 7.32. The van der Waals surface area contributed by atoms with Crippen molar-refractivity contribution in [1.29, 1.82) is 0 Å². The number of nitrogens with zero attached hydrogens (tertiary/aromatic N) is 2. The minimum atomic E-state index is 0.731. The third-order valence-electron chi connectivity index (χ3n) is 2.82. The molecule has 0 aliphatic heterocycles. The zero-order chi connectivity index (χ0) is 13.0. The van der Waals surface area contributed by atoms with Gasteiger partial charge < -0.3 is 10.1 Å². The van der Waals surface area contributed by atoms with Gasteiger partial charge in [-0.3, -0.25) is 4.68 Å². The van der Waals surface area contributed by atoms with E-state index in [2.05, 4.69) is 22.5 Å². The molecule has 1 aromatic heterocycles. The summed E-state index contributed by atoms with van der Waals surface area (Å²) in [5.74, 6) is 0.906. The van der Waals surface area contributed by atoms with Crippen molar-refractivity contribution in [2.24, 2.45) is 0 Å². The first-order valence-electron chi connectivity index (χ1n) is 6.02. The highest BCUT2D eigenvalue weighted by Gasteiger charge is 2.06. The van der Waals surface area contributed by atoms with Crippen molar-refractivity contribution in [3.8, 4) is 5.75 Å². The van der Waals surface area contributed by atoms with Crippen LogP contribution in [-0.2, 0) is 13.1 Å². The van der Waals surface area contributed by atoms with Gasteiger partial charge in [-0.15, -0.1) is 0 Å². The number of aryl methyl sites for hydroxylation is 1. The van der Waals surface area contributed by atoms with Crippen molar-refractivity contribution in [2.45, 2.75) is 20.0 Å². The highest BCUT2D eigenvalue weighted by Crippen LogP contribution is 2.21. The first kappa shape index (κ1) is 12.6. The Morgan fingerprint density at radius 1 is 1.39 bits per heavy atom. The lowest BCUT2D eigenvalue weighted by molar-refractivity contribution is 0.407. The summed E-state index contributed by atoms with van der Waals surface area (Å²) in [5, 5.41) is 7.46. The maximum atomic E-state index is 5.40. The number of rotatable bonds is 5. The van der Waals surface area contributed by atoms with Gasteiger partial charge in [0.15, 0.2) is 0 Å². The first-order chi connectivity index (χ1) is 8.72. The molecule has 0 saturated carbocycles. The molecule has 0 aliphatic carbocycles. The van der Waals surface area contributed by atoms with Gasteiger partial charge in [0.1, 0.15) is 5.75 Å². The Labute approximate surface area is 108 Å². The summed E-state index contributed by atoms with van der Waals surface area (Å²) in [6.45, 7) is 3.63. The minimum absolute atomic E-state index is 0.731. The predicted molar refractivity (Wildman–Crippen MR) is 71.8 cm³/mol. The van der Waals surface area contributed by atoms with Crippen LogP contribution in [0.4, 0.5) is 0 Å². The van der Waals surface area contributed by atoms with Crippen LogP contribution in [0.2, 0.25) is 0 Å². The van der Waals surface area contributed by atoms with Crippen molar-refractivity contribution in [2.75, 3.05) is 14.2 Å². The Morgan fingerprint density at radius 3 is 2.83 bits per heavy atom.